The van der Waals surface area contributed by atoms with Gasteiger partial charge in [0.15, 0.2) is 0 Å². The molecule has 142 valence electrons. The summed E-state index contributed by atoms with van der Waals surface area (Å²) in [6.45, 7) is 1.29. The lowest BCUT2D eigenvalue weighted by atomic mass is 10.2. The van der Waals surface area contributed by atoms with Gasteiger partial charge in [0.1, 0.15) is 6.54 Å². The van der Waals surface area contributed by atoms with Crippen LogP contribution in [0.2, 0.25) is 0 Å². The first-order chi connectivity index (χ1) is 12.7. The van der Waals surface area contributed by atoms with Crippen LogP contribution in [0.1, 0.15) is 11.1 Å². The average molecular weight is 390 g/mol. The molecule has 0 aliphatic carbocycles. The predicted molar refractivity (Wildman–Crippen MR) is 102 cm³/mol. The van der Waals surface area contributed by atoms with Crippen molar-refractivity contribution in [3.8, 4) is 0 Å². The van der Waals surface area contributed by atoms with Gasteiger partial charge < -0.3 is 0 Å². The van der Waals surface area contributed by atoms with Gasteiger partial charge >= 0.3 is 0 Å². The van der Waals surface area contributed by atoms with Crippen molar-refractivity contribution in [1.29, 1.82) is 0 Å². The van der Waals surface area contributed by atoms with Crippen molar-refractivity contribution < 1.29 is 18.1 Å². The number of hydrogen-bond acceptors (Lipinski definition) is 6. The predicted octanol–water partition coefficient (Wildman–Crippen LogP) is 1.82. The van der Waals surface area contributed by atoms with Crippen LogP contribution in [0.5, 0.6) is 0 Å². The zero-order valence-electron chi connectivity index (χ0n) is 14.7. The van der Waals surface area contributed by atoms with Gasteiger partial charge in [0.05, 0.1) is 23.1 Å². The highest BCUT2D eigenvalue weighted by molar-refractivity contribution is 7.92. The van der Waals surface area contributed by atoms with Gasteiger partial charge in [-0.15, -0.1) is 0 Å². The number of para-hydroxylation sites is 1. The minimum Gasteiger partial charge on any atom is -0.271 e. The molecule has 10 heteroatoms. The number of nitro groups is 1. The molecule has 2 aromatic rings. The Morgan fingerprint density at radius 3 is 2.59 bits per heavy atom. The van der Waals surface area contributed by atoms with E-state index in [-0.39, 0.29) is 5.69 Å². The summed E-state index contributed by atoms with van der Waals surface area (Å²) in [5.41, 5.74) is 3.65. The molecule has 0 aliphatic heterocycles. The Bertz CT molecular complexity index is 988. The minimum atomic E-state index is -3.68. The Kier molecular flexibility index (Phi) is 6.24. The Labute approximate surface area is 156 Å². The highest BCUT2D eigenvalue weighted by atomic mass is 32.2. The fraction of sp³-hybridized carbons (Fsp3) is 0.176. The molecule has 0 aliphatic rings. The van der Waals surface area contributed by atoms with E-state index in [1.54, 1.807) is 37.3 Å². The number of nitrogens with zero attached hydrogens (tertiary/aromatic N) is 3. The lowest BCUT2D eigenvalue weighted by molar-refractivity contribution is -0.384. The maximum Gasteiger partial charge on any atom is 0.270 e. The van der Waals surface area contributed by atoms with E-state index >= 15 is 0 Å². The number of anilines is 1. The number of nitrogens with one attached hydrogen (secondary N) is 1. The van der Waals surface area contributed by atoms with E-state index in [9.17, 15) is 23.3 Å². The van der Waals surface area contributed by atoms with Crippen LogP contribution in [0.25, 0.3) is 0 Å². The third-order valence-corrected chi connectivity index (χ3v) is 4.68. The van der Waals surface area contributed by atoms with E-state index in [4.69, 9.17) is 0 Å². The smallest absolute Gasteiger partial charge is 0.270 e. The van der Waals surface area contributed by atoms with E-state index in [0.717, 1.165) is 10.6 Å². The summed E-state index contributed by atoms with van der Waals surface area (Å²) in [7, 11) is -3.68. The molecule has 0 saturated carbocycles. The monoisotopic (exact) mass is 390 g/mol. The summed E-state index contributed by atoms with van der Waals surface area (Å²) >= 11 is 0. The molecule has 0 radical (unpaired) electrons. The van der Waals surface area contributed by atoms with Crippen LogP contribution in [0.15, 0.2) is 53.6 Å². The number of nitro benzene ring substituents is 1. The van der Waals surface area contributed by atoms with Crippen LogP contribution in [-0.4, -0.2) is 38.3 Å². The number of aryl methyl sites for hydroxylation is 1. The van der Waals surface area contributed by atoms with E-state index in [2.05, 4.69) is 10.5 Å². The van der Waals surface area contributed by atoms with Gasteiger partial charge in [-0.05, 0) is 18.6 Å². The largest absolute Gasteiger partial charge is 0.271 e. The number of rotatable bonds is 7. The van der Waals surface area contributed by atoms with Crippen molar-refractivity contribution in [3.63, 3.8) is 0 Å². The molecule has 1 N–H and O–H groups in total. The number of carbonyl (C=O) groups is 1. The lowest BCUT2D eigenvalue weighted by Gasteiger charge is -2.23. The van der Waals surface area contributed by atoms with Crippen LogP contribution in [0, 0.1) is 17.0 Å². The Hall–Kier alpha value is -3.27. The highest BCUT2D eigenvalue weighted by Crippen LogP contribution is 2.21. The molecule has 0 atom stereocenters. The van der Waals surface area contributed by atoms with Crippen molar-refractivity contribution in [3.05, 3.63) is 69.8 Å². The molecular weight excluding hydrogens is 372 g/mol. The molecule has 27 heavy (non-hydrogen) atoms. The average Bonchev–Trinajstić information content (AvgIpc) is 2.60. The normalized spacial score (nSPS) is 11.3. The highest BCUT2D eigenvalue weighted by Gasteiger charge is 2.21. The number of non-ortho nitro benzene ring substituents is 1. The van der Waals surface area contributed by atoms with Crippen molar-refractivity contribution in [2.24, 2.45) is 5.10 Å². The Morgan fingerprint density at radius 2 is 1.96 bits per heavy atom. The molecule has 9 nitrogen and oxygen atoms in total. The second-order valence-electron chi connectivity index (χ2n) is 5.70. The molecule has 0 saturated heterocycles. The van der Waals surface area contributed by atoms with Crippen molar-refractivity contribution in [2.45, 2.75) is 6.92 Å². The Balaban J connectivity index is 2.10. The first-order valence-corrected chi connectivity index (χ1v) is 9.63. The maximum atomic E-state index is 12.1. The summed E-state index contributed by atoms with van der Waals surface area (Å²) in [5.74, 6) is -0.648. The van der Waals surface area contributed by atoms with Gasteiger partial charge in [-0.1, -0.05) is 30.3 Å². The summed E-state index contributed by atoms with van der Waals surface area (Å²) in [6.07, 6.45) is 2.25. The van der Waals surface area contributed by atoms with Gasteiger partial charge in [0, 0.05) is 17.7 Å². The number of carbonyl (C=O) groups excluding carboxylic acids is 1. The first kappa shape index (κ1) is 20.0. The zero-order valence-corrected chi connectivity index (χ0v) is 15.5. The summed E-state index contributed by atoms with van der Waals surface area (Å²) < 4.78 is 25.1. The molecule has 0 heterocycles. The third kappa shape index (κ3) is 5.61. The molecule has 2 rings (SSSR count). The Morgan fingerprint density at radius 1 is 1.26 bits per heavy atom. The molecule has 2 aromatic carbocycles. The van der Waals surface area contributed by atoms with Crippen LogP contribution < -0.4 is 9.73 Å². The molecule has 0 spiro atoms. The minimum absolute atomic E-state index is 0.104. The summed E-state index contributed by atoms with van der Waals surface area (Å²) in [5, 5.41) is 14.5. The van der Waals surface area contributed by atoms with Crippen LogP contribution in [0.3, 0.4) is 0 Å². The van der Waals surface area contributed by atoms with E-state index in [1.807, 2.05) is 0 Å². The van der Waals surface area contributed by atoms with Crippen LogP contribution in [-0.2, 0) is 14.8 Å². The molecule has 0 unspecified atom stereocenters. The van der Waals surface area contributed by atoms with Crippen LogP contribution in [0.4, 0.5) is 11.4 Å². The van der Waals surface area contributed by atoms with Gasteiger partial charge in [-0.3, -0.25) is 19.2 Å². The van der Waals surface area contributed by atoms with Crippen molar-refractivity contribution in [1.82, 2.24) is 5.43 Å². The van der Waals surface area contributed by atoms with Crippen molar-refractivity contribution >= 4 is 33.5 Å². The first-order valence-electron chi connectivity index (χ1n) is 7.78. The molecule has 0 bridgehead atoms. The second-order valence-corrected chi connectivity index (χ2v) is 7.61. The standard InChI is InChI=1S/C17H18N4O5S/c1-13-6-3-4-9-16(13)20(27(2,25)26)12-17(22)19-18-11-14-7-5-8-15(10-14)21(23)24/h3-11H,12H2,1-2H3,(H,19,22)/b18-11-. The van der Waals surface area contributed by atoms with Gasteiger partial charge in [0.2, 0.25) is 10.0 Å². The van der Waals surface area contributed by atoms with Gasteiger partial charge in [0.25, 0.3) is 11.6 Å². The number of hydrogen-bond donors (Lipinski definition) is 1. The second kappa shape index (κ2) is 8.41. The maximum absolute atomic E-state index is 12.1. The number of amides is 1. The molecule has 0 fully saturated rings. The fourth-order valence-corrected chi connectivity index (χ4v) is 3.20. The van der Waals surface area contributed by atoms with Crippen molar-refractivity contribution in [2.75, 3.05) is 17.1 Å². The van der Waals surface area contributed by atoms with E-state index < -0.39 is 27.4 Å². The molecular formula is C17H18N4O5S. The third-order valence-electron chi connectivity index (χ3n) is 3.56. The number of hydrazone groups is 1. The van der Waals surface area contributed by atoms with Crippen LogP contribution >= 0.6 is 0 Å². The molecule has 1 amide bonds. The van der Waals surface area contributed by atoms with Gasteiger partial charge in [-0.25, -0.2) is 13.8 Å². The summed E-state index contributed by atoms with van der Waals surface area (Å²) in [6, 6.07) is 12.5. The zero-order chi connectivity index (χ0) is 20.0. The fourth-order valence-electron chi connectivity index (χ4n) is 2.29. The number of benzene rings is 2. The topological polar surface area (TPSA) is 122 Å². The number of sulfonamides is 1. The summed E-state index contributed by atoms with van der Waals surface area (Å²) in [4.78, 5) is 22.3. The quantitative estimate of drug-likeness (QED) is 0.439. The SMILES string of the molecule is Cc1ccccc1N(CC(=O)N/N=C\c1cccc([N+](=O)[O-])c1)S(C)(=O)=O. The van der Waals surface area contributed by atoms with Gasteiger partial charge in [-0.2, -0.15) is 5.10 Å². The van der Waals surface area contributed by atoms with E-state index in [0.29, 0.717) is 16.8 Å². The molecule has 0 aromatic heterocycles. The lowest BCUT2D eigenvalue weighted by Crippen LogP contribution is -2.39. The van der Waals surface area contributed by atoms with E-state index in [1.165, 1.54) is 24.4 Å².